The van der Waals surface area contributed by atoms with Gasteiger partial charge in [0.1, 0.15) is 0 Å². The number of hydrogen-bond acceptors (Lipinski definition) is 3. The van der Waals surface area contributed by atoms with Crippen LogP contribution in [0.15, 0.2) is 60.7 Å². The van der Waals surface area contributed by atoms with Crippen molar-refractivity contribution in [2.24, 2.45) is 5.92 Å². The summed E-state index contributed by atoms with van der Waals surface area (Å²) in [5.41, 5.74) is 3.65. The molecule has 0 saturated carbocycles. The third-order valence-corrected chi connectivity index (χ3v) is 6.55. The smallest absolute Gasteiger partial charge is 0.246 e. The number of aryl methyl sites for hydroxylation is 1. The number of likely N-dealkylation sites (tertiary alicyclic amines) is 1. The largest absolute Gasteiger partial charge is 0.340 e. The average Bonchev–Trinajstić information content (AvgIpc) is 2.83. The first-order valence-corrected chi connectivity index (χ1v) is 11.7. The van der Waals surface area contributed by atoms with Gasteiger partial charge in [-0.2, -0.15) is 0 Å². The molecule has 0 spiro atoms. The third kappa shape index (κ3) is 5.86. The molecule has 0 bridgehead atoms. The first kappa shape index (κ1) is 22.3. The zero-order valence-corrected chi connectivity index (χ0v) is 19.0. The van der Waals surface area contributed by atoms with E-state index in [0.29, 0.717) is 13.1 Å². The molecule has 0 N–H and O–H groups in total. The van der Waals surface area contributed by atoms with Gasteiger partial charge in [0.2, 0.25) is 11.8 Å². The van der Waals surface area contributed by atoms with E-state index in [9.17, 15) is 9.59 Å². The molecule has 0 aliphatic carbocycles. The molecule has 2 saturated heterocycles. The molecule has 168 valence electrons. The summed E-state index contributed by atoms with van der Waals surface area (Å²) in [6.45, 7) is 7.80. The highest BCUT2D eigenvalue weighted by molar-refractivity contribution is 5.92. The van der Waals surface area contributed by atoms with E-state index in [1.165, 1.54) is 11.1 Å². The van der Waals surface area contributed by atoms with E-state index in [2.05, 4.69) is 36.1 Å². The second kappa shape index (κ2) is 10.6. The predicted octanol–water partition coefficient (Wildman–Crippen LogP) is 3.59. The summed E-state index contributed by atoms with van der Waals surface area (Å²) < 4.78 is 0. The average molecular weight is 432 g/mol. The summed E-state index contributed by atoms with van der Waals surface area (Å²) in [4.78, 5) is 31.9. The van der Waals surface area contributed by atoms with Crippen LogP contribution in [0.25, 0.3) is 6.08 Å². The van der Waals surface area contributed by atoms with Crippen LogP contribution in [0, 0.1) is 12.8 Å². The van der Waals surface area contributed by atoms with Crippen molar-refractivity contribution in [3.8, 4) is 0 Å². The van der Waals surface area contributed by atoms with Crippen molar-refractivity contribution in [3.63, 3.8) is 0 Å². The van der Waals surface area contributed by atoms with Crippen molar-refractivity contribution < 1.29 is 9.59 Å². The summed E-state index contributed by atoms with van der Waals surface area (Å²) in [5.74, 6) is 0.345. The quantitative estimate of drug-likeness (QED) is 0.680. The van der Waals surface area contributed by atoms with E-state index < -0.39 is 0 Å². The monoisotopic (exact) mass is 431 g/mol. The molecule has 32 heavy (non-hydrogen) atoms. The van der Waals surface area contributed by atoms with Crippen LogP contribution >= 0.6 is 0 Å². The summed E-state index contributed by atoms with van der Waals surface area (Å²) in [6, 6.07) is 18.5. The minimum absolute atomic E-state index is 0.0320. The lowest BCUT2D eigenvalue weighted by atomic mass is 9.95. The van der Waals surface area contributed by atoms with Gasteiger partial charge in [-0.15, -0.1) is 0 Å². The Kier molecular flexibility index (Phi) is 7.38. The van der Waals surface area contributed by atoms with Gasteiger partial charge >= 0.3 is 0 Å². The first-order valence-electron chi connectivity index (χ1n) is 11.7. The molecule has 2 fully saturated rings. The van der Waals surface area contributed by atoms with Crippen LogP contribution in [0.2, 0.25) is 0 Å². The molecule has 2 aliphatic rings. The molecule has 2 aromatic rings. The maximum atomic E-state index is 13.0. The lowest BCUT2D eigenvalue weighted by Gasteiger charge is -2.38. The Balaban J connectivity index is 1.21. The van der Waals surface area contributed by atoms with E-state index in [4.69, 9.17) is 0 Å². The molecule has 0 aromatic heterocycles. The van der Waals surface area contributed by atoms with Crippen LogP contribution in [-0.4, -0.2) is 65.8 Å². The molecule has 5 nitrogen and oxygen atoms in total. The van der Waals surface area contributed by atoms with Crippen LogP contribution in [0.3, 0.4) is 0 Å². The van der Waals surface area contributed by atoms with E-state index >= 15 is 0 Å². The number of benzene rings is 2. The fourth-order valence-electron chi connectivity index (χ4n) is 4.64. The van der Waals surface area contributed by atoms with Crippen molar-refractivity contribution in [1.82, 2.24) is 14.7 Å². The van der Waals surface area contributed by atoms with Crippen molar-refractivity contribution in [2.75, 3.05) is 39.3 Å². The standard InChI is InChI=1S/C27H33N3O2/c1-22-6-5-9-24(20-22)21-28-16-18-30(19-17-28)27(32)25-12-14-29(15-13-25)26(31)11-10-23-7-3-2-4-8-23/h2-11,20,25H,12-19,21H2,1H3/b11-10+. The molecule has 2 aliphatic heterocycles. The molecule has 0 atom stereocenters. The van der Waals surface area contributed by atoms with E-state index in [1.54, 1.807) is 6.08 Å². The first-order chi connectivity index (χ1) is 15.6. The number of piperidine rings is 1. The predicted molar refractivity (Wildman–Crippen MR) is 128 cm³/mol. The fraction of sp³-hybridized carbons (Fsp3) is 0.407. The van der Waals surface area contributed by atoms with Gasteiger partial charge in [-0.25, -0.2) is 0 Å². The summed E-state index contributed by atoms with van der Waals surface area (Å²) in [6.07, 6.45) is 5.02. The topological polar surface area (TPSA) is 43.9 Å². The van der Waals surface area contributed by atoms with Crippen LogP contribution in [0.4, 0.5) is 0 Å². The lowest BCUT2D eigenvalue weighted by Crippen LogP contribution is -2.51. The maximum absolute atomic E-state index is 13.0. The lowest BCUT2D eigenvalue weighted by molar-refractivity contribution is -0.141. The number of piperazine rings is 1. The van der Waals surface area contributed by atoms with Crippen LogP contribution < -0.4 is 0 Å². The van der Waals surface area contributed by atoms with Crippen LogP contribution in [0.5, 0.6) is 0 Å². The van der Waals surface area contributed by atoms with Crippen LogP contribution in [-0.2, 0) is 16.1 Å². The summed E-state index contributed by atoms with van der Waals surface area (Å²) >= 11 is 0. The second-order valence-electron chi connectivity index (χ2n) is 8.93. The second-order valence-corrected chi connectivity index (χ2v) is 8.93. The molecule has 0 unspecified atom stereocenters. The number of carbonyl (C=O) groups excluding carboxylic acids is 2. The number of amides is 2. The highest BCUT2D eigenvalue weighted by atomic mass is 16.2. The van der Waals surface area contributed by atoms with Crippen LogP contribution in [0.1, 0.15) is 29.5 Å². The van der Waals surface area contributed by atoms with Crippen molar-refractivity contribution in [1.29, 1.82) is 0 Å². The van der Waals surface area contributed by atoms with Gasteiger partial charge in [0, 0.05) is 57.8 Å². The van der Waals surface area contributed by atoms with E-state index in [1.807, 2.05) is 46.2 Å². The zero-order valence-electron chi connectivity index (χ0n) is 19.0. The van der Waals surface area contributed by atoms with Gasteiger partial charge < -0.3 is 9.80 Å². The van der Waals surface area contributed by atoms with Crippen molar-refractivity contribution in [2.45, 2.75) is 26.3 Å². The Bertz CT molecular complexity index is 940. The summed E-state index contributed by atoms with van der Waals surface area (Å²) in [5, 5.41) is 0. The number of rotatable bonds is 5. The molecule has 5 heteroatoms. The van der Waals surface area contributed by atoms with Gasteiger partial charge in [0.05, 0.1) is 0 Å². The molecule has 2 aromatic carbocycles. The highest BCUT2D eigenvalue weighted by Crippen LogP contribution is 2.21. The van der Waals surface area contributed by atoms with Gasteiger partial charge in [0.15, 0.2) is 0 Å². The minimum atomic E-state index is 0.0320. The molecular formula is C27H33N3O2. The third-order valence-electron chi connectivity index (χ3n) is 6.55. The highest BCUT2D eigenvalue weighted by Gasteiger charge is 2.31. The van der Waals surface area contributed by atoms with Gasteiger partial charge in [-0.05, 0) is 37.0 Å². The number of carbonyl (C=O) groups is 2. The van der Waals surface area contributed by atoms with E-state index in [0.717, 1.165) is 51.1 Å². The molecule has 2 amide bonds. The van der Waals surface area contributed by atoms with Gasteiger partial charge in [0.25, 0.3) is 0 Å². The Hall–Kier alpha value is -2.92. The SMILES string of the molecule is Cc1cccc(CN2CCN(C(=O)C3CCN(C(=O)/C=C/c4ccccc4)CC3)CC2)c1. The van der Waals surface area contributed by atoms with Gasteiger partial charge in [-0.1, -0.05) is 60.2 Å². The Morgan fingerprint density at radius 3 is 2.28 bits per heavy atom. The normalized spacial score (nSPS) is 18.3. The maximum Gasteiger partial charge on any atom is 0.246 e. The molecule has 2 heterocycles. The zero-order chi connectivity index (χ0) is 22.3. The Morgan fingerprint density at radius 1 is 0.875 bits per heavy atom. The molecular weight excluding hydrogens is 398 g/mol. The van der Waals surface area contributed by atoms with Crippen molar-refractivity contribution >= 4 is 17.9 Å². The number of nitrogens with zero attached hydrogens (tertiary/aromatic N) is 3. The fourth-order valence-corrected chi connectivity index (χ4v) is 4.64. The minimum Gasteiger partial charge on any atom is -0.340 e. The summed E-state index contributed by atoms with van der Waals surface area (Å²) in [7, 11) is 0. The van der Waals surface area contributed by atoms with E-state index in [-0.39, 0.29) is 17.7 Å². The Labute approximate surface area is 191 Å². The number of hydrogen-bond donors (Lipinski definition) is 0. The Morgan fingerprint density at radius 2 is 1.59 bits per heavy atom. The molecule has 4 rings (SSSR count). The molecule has 0 radical (unpaired) electrons. The van der Waals surface area contributed by atoms with Crippen molar-refractivity contribution in [3.05, 3.63) is 77.4 Å². The van der Waals surface area contributed by atoms with Gasteiger partial charge in [-0.3, -0.25) is 14.5 Å².